The first-order chi connectivity index (χ1) is 16.3. The summed E-state index contributed by atoms with van der Waals surface area (Å²) in [7, 11) is 0. The van der Waals surface area contributed by atoms with E-state index in [1.165, 1.54) is 37.4 Å². The summed E-state index contributed by atoms with van der Waals surface area (Å²) in [5, 5.41) is 8.58. The van der Waals surface area contributed by atoms with Crippen molar-refractivity contribution in [2.45, 2.75) is 46.5 Å². The highest BCUT2D eigenvalue weighted by Gasteiger charge is 2.21. The Labute approximate surface area is 204 Å². The number of aromatic nitrogens is 1. The van der Waals surface area contributed by atoms with Gasteiger partial charge in [0, 0.05) is 27.2 Å². The summed E-state index contributed by atoms with van der Waals surface area (Å²) in [6, 6.07) is 19.7. The minimum absolute atomic E-state index is 0.0212. The molecule has 170 valence electrons. The average Bonchev–Trinajstić information content (AvgIpc) is 3.38. The quantitative estimate of drug-likeness (QED) is 0.261. The Balaban J connectivity index is 1.64. The van der Waals surface area contributed by atoms with E-state index in [4.69, 9.17) is 9.40 Å². The zero-order valence-electron chi connectivity index (χ0n) is 20.4. The molecule has 0 fully saturated rings. The molecule has 3 heterocycles. The Bertz CT molecular complexity index is 1690. The molecule has 0 saturated heterocycles. The molecule has 0 aliphatic heterocycles. The molecule has 34 heavy (non-hydrogen) atoms. The summed E-state index contributed by atoms with van der Waals surface area (Å²) >= 11 is 1.83. The molecule has 2 nitrogen and oxygen atoms in total. The lowest BCUT2D eigenvalue weighted by Gasteiger charge is -2.22. The van der Waals surface area contributed by atoms with Gasteiger partial charge >= 0.3 is 0 Å². The molecule has 3 aromatic carbocycles. The summed E-state index contributed by atoms with van der Waals surface area (Å²) in [5.74, 6) is 0.635. The lowest BCUT2D eigenvalue weighted by Crippen LogP contribution is -2.12. The van der Waals surface area contributed by atoms with Gasteiger partial charge in [-0.05, 0) is 80.8 Å². The van der Waals surface area contributed by atoms with Gasteiger partial charge in [-0.25, -0.2) is 0 Å². The number of furan rings is 1. The van der Waals surface area contributed by atoms with Gasteiger partial charge in [-0.2, -0.15) is 0 Å². The molecule has 0 aliphatic carbocycles. The molecule has 6 aromatic rings. The average molecular weight is 464 g/mol. The normalized spacial score (nSPS) is 12.6. The van der Waals surface area contributed by atoms with Crippen LogP contribution in [0, 0.1) is 5.92 Å². The van der Waals surface area contributed by atoms with Crippen LogP contribution in [0.5, 0.6) is 0 Å². The first kappa shape index (κ1) is 21.4. The number of thiophene rings is 1. The summed E-state index contributed by atoms with van der Waals surface area (Å²) in [6.07, 6.45) is 3.03. The van der Waals surface area contributed by atoms with Crippen LogP contribution in [0.2, 0.25) is 0 Å². The third-order valence-corrected chi connectivity index (χ3v) is 7.80. The Morgan fingerprint density at radius 3 is 2.56 bits per heavy atom. The third kappa shape index (κ3) is 3.33. The predicted octanol–water partition coefficient (Wildman–Crippen LogP) is 9.51. The molecule has 0 unspecified atom stereocenters. The summed E-state index contributed by atoms with van der Waals surface area (Å²) < 4.78 is 7.84. The van der Waals surface area contributed by atoms with Crippen LogP contribution in [0.1, 0.15) is 45.7 Å². The van der Waals surface area contributed by atoms with Crippen LogP contribution in [0.15, 0.2) is 70.6 Å². The first-order valence-corrected chi connectivity index (χ1v) is 12.9. The van der Waals surface area contributed by atoms with Crippen molar-refractivity contribution >= 4 is 54.1 Å². The van der Waals surface area contributed by atoms with Crippen LogP contribution in [0.25, 0.3) is 54.1 Å². The van der Waals surface area contributed by atoms with E-state index in [9.17, 15) is 0 Å². The molecule has 3 aromatic heterocycles. The number of nitrogens with zero attached hydrogens (tertiary/aromatic N) is 1. The van der Waals surface area contributed by atoms with Crippen LogP contribution in [0.4, 0.5) is 0 Å². The van der Waals surface area contributed by atoms with Crippen molar-refractivity contribution in [3.8, 4) is 11.3 Å². The molecule has 0 aliphatic rings. The van der Waals surface area contributed by atoms with Crippen molar-refractivity contribution in [2.24, 2.45) is 5.92 Å². The molecular weight excluding hydrogens is 434 g/mol. The topological polar surface area (TPSA) is 26.0 Å². The van der Waals surface area contributed by atoms with Crippen molar-refractivity contribution in [3.05, 3.63) is 77.3 Å². The highest BCUT2D eigenvalue weighted by Crippen LogP contribution is 2.42. The molecule has 0 amide bonds. The minimum Gasteiger partial charge on any atom is -0.454 e. The molecule has 0 spiro atoms. The lowest BCUT2D eigenvalue weighted by atomic mass is 9.82. The molecular formula is C31H29NOS. The Morgan fingerprint density at radius 1 is 0.941 bits per heavy atom. The molecule has 0 atom stereocenters. The number of rotatable bonds is 3. The standard InChI is InChI=1S/C31H29NOS/c1-18(2)14-21-17-34-30-23(21)10-11-26-27(30)24-12-13-32-28(29(24)33-26)20-15-19-8-6-7-9-22(19)25(16-20)31(3,4)5/h6-13,15-18H,14H2,1-5H3. The Morgan fingerprint density at radius 2 is 1.76 bits per heavy atom. The second-order valence-corrected chi connectivity index (χ2v) is 11.7. The maximum atomic E-state index is 6.52. The van der Waals surface area contributed by atoms with Crippen molar-refractivity contribution in [2.75, 3.05) is 0 Å². The van der Waals surface area contributed by atoms with Gasteiger partial charge in [0.05, 0.1) is 0 Å². The first-order valence-electron chi connectivity index (χ1n) is 12.0. The van der Waals surface area contributed by atoms with E-state index in [0.717, 1.165) is 34.2 Å². The Hall–Kier alpha value is -3.17. The van der Waals surface area contributed by atoms with Crippen LogP contribution in [0.3, 0.4) is 0 Å². The largest absolute Gasteiger partial charge is 0.454 e. The smallest absolute Gasteiger partial charge is 0.161 e. The molecule has 0 bridgehead atoms. The second-order valence-electron chi connectivity index (χ2n) is 10.8. The van der Waals surface area contributed by atoms with Gasteiger partial charge in [-0.15, -0.1) is 11.3 Å². The highest BCUT2D eigenvalue weighted by molar-refractivity contribution is 7.18. The van der Waals surface area contributed by atoms with E-state index in [2.05, 4.69) is 94.6 Å². The fourth-order valence-electron chi connectivity index (χ4n) is 5.20. The fraction of sp³-hybridized carbons (Fsp3) is 0.258. The molecule has 0 N–H and O–H groups in total. The van der Waals surface area contributed by atoms with Gasteiger partial charge in [0.2, 0.25) is 0 Å². The van der Waals surface area contributed by atoms with E-state index in [-0.39, 0.29) is 5.41 Å². The lowest BCUT2D eigenvalue weighted by molar-refractivity contribution is 0.596. The summed E-state index contributed by atoms with van der Waals surface area (Å²) in [6.45, 7) is 11.4. The second kappa shape index (κ2) is 7.68. The molecule has 6 rings (SSSR count). The Kier molecular flexibility index (Phi) is 4.82. The maximum Gasteiger partial charge on any atom is 0.161 e. The number of hydrogen-bond donors (Lipinski definition) is 0. The van der Waals surface area contributed by atoms with E-state index < -0.39 is 0 Å². The van der Waals surface area contributed by atoms with Crippen LogP contribution in [-0.2, 0) is 11.8 Å². The van der Waals surface area contributed by atoms with Gasteiger partial charge in [0.15, 0.2) is 5.58 Å². The molecule has 0 radical (unpaired) electrons. The van der Waals surface area contributed by atoms with Crippen molar-refractivity contribution < 1.29 is 4.42 Å². The van der Waals surface area contributed by atoms with Gasteiger partial charge < -0.3 is 4.42 Å². The van der Waals surface area contributed by atoms with Gasteiger partial charge in [0.25, 0.3) is 0 Å². The number of hydrogen-bond acceptors (Lipinski definition) is 3. The van der Waals surface area contributed by atoms with Crippen molar-refractivity contribution in [1.29, 1.82) is 0 Å². The van der Waals surface area contributed by atoms with E-state index in [0.29, 0.717) is 5.92 Å². The van der Waals surface area contributed by atoms with E-state index >= 15 is 0 Å². The van der Waals surface area contributed by atoms with Crippen LogP contribution >= 0.6 is 11.3 Å². The SMILES string of the molecule is CC(C)Cc1csc2c1ccc1oc3c(-c4cc(C(C)(C)C)c5ccccc5c4)nccc3c12. The van der Waals surface area contributed by atoms with Crippen molar-refractivity contribution in [3.63, 3.8) is 0 Å². The zero-order chi connectivity index (χ0) is 23.6. The summed E-state index contributed by atoms with van der Waals surface area (Å²) in [5.41, 5.74) is 6.62. The van der Waals surface area contributed by atoms with Crippen LogP contribution < -0.4 is 0 Å². The monoisotopic (exact) mass is 463 g/mol. The van der Waals surface area contributed by atoms with E-state index in [1.54, 1.807) is 0 Å². The summed E-state index contributed by atoms with van der Waals surface area (Å²) in [4.78, 5) is 4.84. The van der Waals surface area contributed by atoms with Gasteiger partial charge in [0.1, 0.15) is 11.3 Å². The molecule has 0 saturated carbocycles. The van der Waals surface area contributed by atoms with E-state index in [1.807, 2.05) is 17.5 Å². The number of benzene rings is 3. The third-order valence-electron chi connectivity index (χ3n) is 6.74. The van der Waals surface area contributed by atoms with Gasteiger partial charge in [-0.3, -0.25) is 4.98 Å². The van der Waals surface area contributed by atoms with Gasteiger partial charge in [-0.1, -0.05) is 58.9 Å². The molecule has 3 heteroatoms. The maximum absolute atomic E-state index is 6.52. The number of pyridine rings is 1. The predicted molar refractivity (Wildman–Crippen MR) is 147 cm³/mol. The van der Waals surface area contributed by atoms with Crippen molar-refractivity contribution in [1.82, 2.24) is 4.98 Å². The minimum atomic E-state index is 0.0212. The fourth-order valence-corrected chi connectivity index (χ4v) is 6.34. The zero-order valence-corrected chi connectivity index (χ0v) is 21.2. The number of fused-ring (bicyclic) bond motifs is 6. The van der Waals surface area contributed by atoms with Crippen LogP contribution in [-0.4, -0.2) is 4.98 Å². The highest BCUT2D eigenvalue weighted by atomic mass is 32.1.